The van der Waals surface area contributed by atoms with E-state index in [1.54, 1.807) is 54.0 Å². The van der Waals surface area contributed by atoms with Crippen LogP contribution in [-0.4, -0.2) is 23.4 Å². The van der Waals surface area contributed by atoms with Crippen molar-refractivity contribution >= 4 is 57.7 Å². The Kier molecular flexibility index (Phi) is 10.3. The Balaban J connectivity index is 0.00000166. The van der Waals surface area contributed by atoms with Crippen molar-refractivity contribution in [3.05, 3.63) is 69.1 Å². The number of nitrogens with one attached hydrogen (secondary N) is 2. The molecule has 164 valence electrons. The highest BCUT2D eigenvalue weighted by Gasteiger charge is 2.09. The second kappa shape index (κ2) is 12.9. The first kappa shape index (κ1) is 24.7. The molecule has 1 heterocycles. The monoisotopic (exact) mass is 479 g/mol. The van der Waals surface area contributed by atoms with Crippen LogP contribution >= 0.6 is 34.5 Å². The van der Waals surface area contributed by atoms with E-state index in [-0.39, 0.29) is 11.8 Å². The van der Waals surface area contributed by atoms with Crippen LogP contribution in [0, 0.1) is 0 Å². The third-order valence-electron chi connectivity index (χ3n) is 3.75. The van der Waals surface area contributed by atoms with Gasteiger partial charge in [0.15, 0.2) is 5.01 Å². The molecule has 0 spiro atoms. The van der Waals surface area contributed by atoms with Gasteiger partial charge in [0.1, 0.15) is 5.75 Å². The minimum absolute atomic E-state index is 0.129. The van der Waals surface area contributed by atoms with Crippen molar-refractivity contribution in [2.24, 2.45) is 0 Å². The molecule has 0 radical (unpaired) electrons. The van der Waals surface area contributed by atoms with E-state index in [1.807, 2.05) is 13.8 Å². The largest absolute Gasteiger partial charge is 0.492 e. The Morgan fingerprint density at radius 3 is 2.32 bits per heavy atom. The number of ether oxygens (including phenoxy) is 1. The van der Waals surface area contributed by atoms with Crippen molar-refractivity contribution in [3.63, 3.8) is 0 Å². The highest BCUT2D eigenvalue weighted by atomic mass is 35.5. The number of thiazole rings is 1. The lowest BCUT2D eigenvalue weighted by molar-refractivity contribution is -0.116. The zero-order valence-corrected chi connectivity index (χ0v) is 19.5. The van der Waals surface area contributed by atoms with Crippen LogP contribution in [0.1, 0.15) is 36.5 Å². The number of aromatic nitrogens is 1. The smallest absolute Gasteiger partial charge is 0.284 e. The fourth-order valence-electron chi connectivity index (χ4n) is 2.39. The molecule has 6 nitrogen and oxygen atoms in total. The van der Waals surface area contributed by atoms with Crippen LogP contribution in [0.15, 0.2) is 54.0 Å². The van der Waals surface area contributed by atoms with E-state index in [0.29, 0.717) is 51.6 Å². The molecule has 2 aromatic carbocycles. The van der Waals surface area contributed by atoms with Gasteiger partial charge in [0, 0.05) is 34.4 Å². The number of rotatable bonds is 8. The fourth-order valence-corrected chi connectivity index (χ4v) is 3.38. The van der Waals surface area contributed by atoms with Gasteiger partial charge in [-0.25, -0.2) is 4.98 Å². The van der Waals surface area contributed by atoms with E-state index in [0.717, 1.165) is 0 Å². The van der Waals surface area contributed by atoms with Crippen LogP contribution in [0.3, 0.4) is 0 Å². The van der Waals surface area contributed by atoms with E-state index in [2.05, 4.69) is 15.6 Å². The van der Waals surface area contributed by atoms with Crippen molar-refractivity contribution in [3.8, 4) is 5.75 Å². The zero-order chi connectivity index (χ0) is 22.6. The molecule has 0 aliphatic rings. The van der Waals surface area contributed by atoms with Gasteiger partial charge in [0.05, 0.1) is 11.6 Å². The summed E-state index contributed by atoms with van der Waals surface area (Å²) in [5.74, 6) is 0.139. The lowest BCUT2D eigenvalue weighted by Gasteiger charge is -2.09. The summed E-state index contributed by atoms with van der Waals surface area (Å²) >= 11 is 13.1. The molecular weight excluding hydrogens is 457 g/mol. The van der Waals surface area contributed by atoms with E-state index in [1.165, 1.54) is 11.3 Å². The summed E-state index contributed by atoms with van der Waals surface area (Å²) < 4.78 is 5.56. The van der Waals surface area contributed by atoms with E-state index in [4.69, 9.17) is 27.9 Å². The highest BCUT2D eigenvalue weighted by molar-refractivity contribution is 7.11. The first-order valence-corrected chi connectivity index (χ1v) is 11.3. The molecule has 9 heteroatoms. The molecule has 0 aliphatic heterocycles. The summed E-state index contributed by atoms with van der Waals surface area (Å²) in [5.41, 5.74) is 1.26. The Bertz CT molecular complexity index is 980. The highest BCUT2D eigenvalue weighted by Crippen LogP contribution is 2.27. The third kappa shape index (κ3) is 8.20. The number of nitrogens with zero attached hydrogens (tertiary/aromatic N) is 1. The molecule has 2 amide bonds. The van der Waals surface area contributed by atoms with Crippen LogP contribution < -0.4 is 15.4 Å². The SMILES string of the molecule is CC.O=C(CCCOc1ccc(Cl)cc1Cl)Nc1ccc(NC(=O)c2nccs2)cc1. The molecule has 1 aromatic heterocycles. The molecule has 0 fully saturated rings. The Morgan fingerprint density at radius 2 is 1.71 bits per heavy atom. The first-order valence-electron chi connectivity index (χ1n) is 9.70. The molecule has 2 N–H and O–H groups in total. The molecular formula is C22H23Cl2N3O3S. The topological polar surface area (TPSA) is 80.3 Å². The van der Waals surface area contributed by atoms with Crippen LogP contribution in [0.25, 0.3) is 0 Å². The van der Waals surface area contributed by atoms with Crippen LogP contribution in [0.5, 0.6) is 5.75 Å². The Labute approximate surface area is 195 Å². The van der Waals surface area contributed by atoms with Crippen molar-refractivity contribution < 1.29 is 14.3 Å². The van der Waals surface area contributed by atoms with E-state index in [9.17, 15) is 9.59 Å². The van der Waals surface area contributed by atoms with Gasteiger partial charge in [-0.3, -0.25) is 9.59 Å². The first-order chi connectivity index (χ1) is 15.0. The summed E-state index contributed by atoms with van der Waals surface area (Å²) in [7, 11) is 0. The number of hydrogen-bond acceptors (Lipinski definition) is 5. The van der Waals surface area contributed by atoms with Crippen molar-refractivity contribution in [2.75, 3.05) is 17.2 Å². The number of hydrogen-bond donors (Lipinski definition) is 2. The normalized spacial score (nSPS) is 9.94. The number of benzene rings is 2. The van der Waals surface area contributed by atoms with Gasteiger partial charge in [-0.05, 0) is 48.9 Å². The van der Waals surface area contributed by atoms with Crippen LogP contribution in [0.2, 0.25) is 10.0 Å². The molecule has 0 atom stereocenters. The second-order valence-electron chi connectivity index (χ2n) is 5.94. The van der Waals surface area contributed by atoms with Gasteiger partial charge in [0.2, 0.25) is 5.91 Å². The summed E-state index contributed by atoms with van der Waals surface area (Å²) in [6.07, 6.45) is 2.41. The Morgan fingerprint density at radius 1 is 1.03 bits per heavy atom. The number of carbonyl (C=O) groups excluding carboxylic acids is 2. The maximum absolute atomic E-state index is 12.1. The van der Waals surface area contributed by atoms with Crippen LogP contribution in [0.4, 0.5) is 11.4 Å². The lowest BCUT2D eigenvalue weighted by Crippen LogP contribution is -2.13. The molecule has 31 heavy (non-hydrogen) atoms. The van der Waals surface area contributed by atoms with Crippen molar-refractivity contribution in [1.82, 2.24) is 4.98 Å². The average molecular weight is 480 g/mol. The number of halogens is 2. The molecule has 3 rings (SSSR count). The van der Waals surface area contributed by atoms with Gasteiger partial charge >= 0.3 is 0 Å². The Hall–Kier alpha value is -2.61. The molecule has 0 aliphatic carbocycles. The number of anilines is 2. The lowest BCUT2D eigenvalue weighted by atomic mass is 10.2. The van der Waals surface area contributed by atoms with Crippen molar-refractivity contribution in [2.45, 2.75) is 26.7 Å². The molecule has 0 unspecified atom stereocenters. The molecule has 0 saturated carbocycles. The van der Waals surface area contributed by atoms with Crippen LogP contribution in [-0.2, 0) is 4.79 Å². The van der Waals surface area contributed by atoms with E-state index >= 15 is 0 Å². The number of amides is 2. The maximum Gasteiger partial charge on any atom is 0.284 e. The predicted octanol–water partition coefficient (Wildman–Crippen LogP) is 6.53. The standard InChI is InChI=1S/C20H17Cl2N3O3S.C2H6/c21-13-3-8-17(16(22)12-13)28-10-1-2-18(26)24-14-4-6-15(7-5-14)25-19(27)20-23-9-11-29-20;1-2/h3-9,11-12H,1-2,10H2,(H,24,26)(H,25,27);1-2H3. The van der Waals surface area contributed by atoms with E-state index < -0.39 is 0 Å². The fraction of sp³-hybridized carbons (Fsp3) is 0.227. The predicted molar refractivity (Wildman–Crippen MR) is 128 cm³/mol. The van der Waals surface area contributed by atoms with Crippen molar-refractivity contribution in [1.29, 1.82) is 0 Å². The van der Waals surface area contributed by atoms with Gasteiger partial charge in [0.25, 0.3) is 5.91 Å². The minimum Gasteiger partial charge on any atom is -0.492 e. The quantitative estimate of drug-likeness (QED) is 0.360. The van der Waals surface area contributed by atoms with Gasteiger partial charge in [-0.15, -0.1) is 11.3 Å². The summed E-state index contributed by atoms with van der Waals surface area (Å²) in [5, 5.41) is 8.66. The second-order valence-corrected chi connectivity index (χ2v) is 7.68. The van der Waals surface area contributed by atoms with Gasteiger partial charge in [-0.2, -0.15) is 0 Å². The van der Waals surface area contributed by atoms with Gasteiger partial charge < -0.3 is 15.4 Å². The summed E-state index contributed by atoms with van der Waals surface area (Å²) in [4.78, 5) is 28.0. The molecule has 3 aromatic rings. The molecule has 0 bridgehead atoms. The number of carbonyl (C=O) groups is 2. The summed E-state index contributed by atoms with van der Waals surface area (Å²) in [6.45, 7) is 4.36. The average Bonchev–Trinajstić information content (AvgIpc) is 3.30. The third-order valence-corrected chi connectivity index (χ3v) is 5.06. The maximum atomic E-state index is 12.1. The minimum atomic E-state index is -0.266. The zero-order valence-electron chi connectivity index (χ0n) is 17.2. The molecule has 0 saturated heterocycles. The summed E-state index contributed by atoms with van der Waals surface area (Å²) in [6, 6.07) is 11.9. The van der Waals surface area contributed by atoms with Gasteiger partial charge in [-0.1, -0.05) is 37.0 Å².